The third-order valence-corrected chi connectivity index (χ3v) is 4.64. The first kappa shape index (κ1) is 14.8. The molecule has 0 amide bonds. The van der Waals surface area contributed by atoms with Crippen LogP contribution in [-0.4, -0.2) is 12.3 Å². The van der Waals surface area contributed by atoms with E-state index in [1.165, 1.54) is 12.8 Å². The van der Waals surface area contributed by atoms with Crippen molar-refractivity contribution in [1.29, 1.82) is 0 Å². The van der Waals surface area contributed by atoms with Crippen molar-refractivity contribution in [3.63, 3.8) is 0 Å². The number of para-hydroxylation sites is 1. The van der Waals surface area contributed by atoms with Crippen molar-refractivity contribution in [1.82, 2.24) is 5.32 Å². The molecule has 0 aromatic heterocycles. The molecule has 3 rings (SSSR count). The van der Waals surface area contributed by atoms with Crippen molar-refractivity contribution in [2.24, 2.45) is 0 Å². The summed E-state index contributed by atoms with van der Waals surface area (Å²) in [5.41, 5.74) is 1.03. The van der Waals surface area contributed by atoms with E-state index in [4.69, 9.17) is 16.3 Å². The molecule has 0 heterocycles. The van der Waals surface area contributed by atoms with E-state index < -0.39 is 0 Å². The lowest BCUT2D eigenvalue weighted by Crippen LogP contribution is -2.16. The first-order valence-corrected chi connectivity index (χ1v) is 8.70. The molecule has 2 aromatic carbocycles. The van der Waals surface area contributed by atoms with E-state index in [0.29, 0.717) is 6.04 Å². The number of hydrogen-bond donors (Lipinski definition) is 1. The smallest absolute Gasteiger partial charge is 0.140 e. The molecule has 1 saturated carbocycles. The quantitative estimate of drug-likeness (QED) is 0.748. The minimum Gasteiger partial charge on any atom is -0.456 e. The van der Waals surface area contributed by atoms with Crippen LogP contribution in [0.2, 0.25) is 5.02 Å². The van der Waals surface area contributed by atoms with Gasteiger partial charge in [0.15, 0.2) is 0 Å². The second kappa shape index (κ2) is 6.73. The first-order valence-electron chi connectivity index (χ1n) is 7.09. The second-order valence-electron chi connectivity index (χ2n) is 5.12. The Morgan fingerprint density at radius 3 is 2.67 bits per heavy atom. The van der Waals surface area contributed by atoms with Crippen LogP contribution in [0.4, 0.5) is 0 Å². The Hall–Kier alpha value is -1.16. The lowest BCUT2D eigenvalue weighted by atomic mass is 10.2. The first-order chi connectivity index (χ1) is 10.3. The van der Waals surface area contributed by atoms with E-state index in [1.54, 1.807) is 11.8 Å². The summed E-state index contributed by atoms with van der Waals surface area (Å²) in [6.07, 6.45) is 4.57. The molecule has 21 heavy (non-hydrogen) atoms. The summed E-state index contributed by atoms with van der Waals surface area (Å²) >= 11 is 8.03. The molecule has 0 atom stereocenters. The molecule has 110 valence electrons. The van der Waals surface area contributed by atoms with Gasteiger partial charge in [-0.1, -0.05) is 29.8 Å². The summed E-state index contributed by atoms with van der Waals surface area (Å²) in [4.78, 5) is 1.12. The molecule has 0 spiro atoms. The van der Waals surface area contributed by atoms with Crippen molar-refractivity contribution in [3.8, 4) is 11.5 Å². The van der Waals surface area contributed by atoms with E-state index in [9.17, 15) is 0 Å². The number of ether oxygens (including phenoxy) is 1. The summed E-state index contributed by atoms with van der Waals surface area (Å²) < 4.78 is 6.12. The highest BCUT2D eigenvalue weighted by molar-refractivity contribution is 7.98. The van der Waals surface area contributed by atoms with Gasteiger partial charge in [-0.25, -0.2) is 0 Å². The maximum absolute atomic E-state index is 6.35. The number of nitrogens with one attached hydrogen (secondary N) is 1. The van der Waals surface area contributed by atoms with Gasteiger partial charge in [0.25, 0.3) is 0 Å². The summed E-state index contributed by atoms with van der Waals surface area (Å²) in [6.45, 7) is 0.751. The third kappa shape index (κ3) is 3.73. The molecule has 1 aliphatic carbocycles. The van der Waals surface area contributed by atoms with Gasteiger partial charge in [-0.15, -0.1) is 11.8 Å². The van der Waals surface area contributed by atoms with E-state index in [0.717, 1.165) is 33.5 Å². The van der Waals surface area contributed by atoms with E-state index in [1.807, 2.05) is 36.4 Å². The van der Waals surface area contributed by atoms with Crippen LogP contribution in [0.5, 0.6) is 11.5 Å². The lowest BCUT2D eigenvalue weighted by Gasteiger charge is -2.15. The average molecular weight is 320 g/mol. The molecule has 0 bridgehead atoms. The van der Waals surface area contributed by atoms with Gasteiger partial charge in [0.2, 0.25) is 0 Å². The van der Waals surface area contributed by atoms with E-state index in [-0.39, 0.29) is 0 Å². The number of rotatable bonds is 6. The van der Waals surface area contributed by atoms with Crippen LogP contribution >= 0.6 is 23.4 Å². The average Bonchev–Trinajstić information content (AvgIpc) is 3.31. The Morgan fingerprint density at radius 1 is 1.14 bits per heavy atom. The fourth-order valence-corrected chi connectivity index (χ4v) is 2.92. The predicted octanol–water partition coefficient (Wildman–Crippen LogP) is 5.11. The summed E-state index contributed by atoms with van der Waals surface area (Å²) in [5.74, 6) is 1.71. The molecule has 4 heteroatoms. The van der Waals surface area contributed by atoms with Crippen LogP contribution in [0, 0.1) is 0 Å². The summed E-state index contributed by atoms with van der Waals surface area (Å²) in [6, 6.07) is 14.5. The molecule has 2 aromatic rings. The number of benzene rings is 2. The molecule has 2 nitrogen and oxygen atoms in total. The Labute approximate surface area is 134 Å². The summed E-state index contributed by atoms with van der Waals surface area (Å²) in [5, 5.41) is 4.25. The Bertz CT molecular complexity index is 628. The van der Waals surface area contributed by atoms with E-state index in [2.05, 4.69) is 17.6 Å². The van der Waals surface area contributed by atoms with Gasteiger partial charge >= 0.3 is 0 Å². The van der Waals surface area contributed by atoms with Crippen molar-refractivity contribution in [3.05, 3.63) is 53.1 Å². The number of halogens is 1. The molecular weight excluding hydrogens is 302 g/mol. The minimum absolute atomic E-state index is 0.646. The minimum atomic E-state index is 0.646. The molecule has 1 aliphatic rings. The van der Waals surface area contributed by atoms with Crippen LogP contribution < -0.4 is 10.1 Å². The Balaban J connectivity index is 1.84. The van der Waals surface area contributed by atoms with Crippen LogP contribution in [0.25, 0.3) is 0 Å². The topological polar surface area (TPSA) is 21.3 Å². The van der Waals surface area contributed by atoms with Crippen LogP contribution in [0.15, 0.2) is 47.4 Å². The highest BCUT2D eigenvalue weighted by Crippen LogP contribution is 2.35. The summed E-state index contributed by atoms with van der Waals surface area (Å²) in [7, 11) is 0. The van der Waals surface area contributed by atoms with Crippen molar-refractivity contribution in [2.45, 2.75) is 30.3 Å². The van der Waals surface area contributed by atoms with Gasteiger partial charge in [-0.2, -0.15) is 0 Å². The Morgan fingerprint density at radius 2 is 1.90 bits per heavy atom. The van der Waals surface area contributed by atoms with Crippen molar-refractivity contribution < 1.29 is 4.74 Å². The third-order valence-electron chi connectivity index (χ3n) is 3.51. The van der Waals surface area contributed by atoms with Crippen molar-refractivity contribution >= 4 is 23.4 Å². The second-order valence-corrected chi connectivity index (χ2v) is 6.38. The van der Waals surface area contributed by atoms with Crippen molar-refractivity contribution in [2.75, 3.05) is 6.26 Å². The highest BCUT2D eigenvalue weighted by Gasteiger charge is 2.21. The highest BCUT2D eigenvalue weighted by atomic mass is 35.5. The zero-order chi connectivity index (χ0) is 14.7. The monoisotopic (exact) mass is 319 g/mol. The van der Waals surface area contributed by atoms with Gasteiger partial charge in [-0.05, 0) is 43.4 Å². The van der Waals surface area contributed by atoms with Gasteiger partial charge < -0.3 is 10.1 Å². The van der Waals surface area contributed by atoms with Gasteiger partial charge in [0.05, 0.1) is 0 Å². The number of hydrogen-bond acceptors (Lipinski definition) is 3. The fraction of sp³-hybridized carbons (Fsp3) is 0.294. The standard InChI is InChI=1S/C17H18ClNOS/c1-21-17-8-3-2-6-16(17)20-15-7-4-5-14(18)13(15)11-19-12-9-10-12/h2-8,12,19H,9-11H2,1H3. The normalized spacial score (nSPS) is 14.2. The SMILES string of the molecule is CSc1ccccc1Oc1cccc(Cl)c1CNC1CC1. The molecule has 1 N–H and O–H groups in total. The molecule has 0 unspecified atom stereocenters. The number of thioether (sulfide) groups is 1. The molecule has 1 fully saturated rings. The van der Waals surface area contributed by atoms with Crippen LogP contribution in [0.1, 0.15) is 18.4 Å². The zero-order valence-corrected chi connectivity index (χ0v) is 13.5. The van der Waals surface area contributed by atoms with Gasteiger partial charge in [0.1, 0.15) is 11.5 Å². The van der Waals surface area contributed by atoms with Crippen LogP contribution in [-0.2, 0) is 6.54 Å². The van der Waals surface area contributed by atoms with E-state index >= 15 is 0 Å². The lowest BCUT2D eigenvalue weighted by molar-refractivity contribution is 0.462. The maximum atomic E-state index is 6.35. The maximum Gasteiger partial charge on any atom is 0.140 e. The molecule has 0 saturated heterocycles. The molecular formula is C17H18ClNOS. The Kier molecular flexibility index (Phi) is 4.73. The van der Waals surface area contributed by atoms with Crippen LogP contribution in [0.3, 0.4) is 0 Å². The fourth-order valence-electron chi connectivity index (χ4n) is 2.16. The molecule has 0 radical (unpaired) electrons. The van der Waals surface area contributed by atoms with Gasteiger partial charge in [-0.3, -0.25) is 0 Å². The van der Waals surface area contributed by atoms with Gasteiger partial charge in [0, 0.05) is 28.1 Å². The predicted molar refractivity (Wildman–Crippen MR) is 89.6 cm³/mol. The largest absolute Gasteiger partial charge is 0.456 e. The molecule has 0 aliphatic heterocycles. The zero-order valence-electron chi connectivity index (χ0n) is 11.9.